The first-order chi connectivity index (χ1) is 9.54. The number of carbonyl (C=O) groups is 1. The Hall–Kier alpha value is -1.20. The van der Waals surface area contributed by atoms with Crippen molar-refractivity contribution in [1.29, 1.82) is 0 Å². The summed E-state index contributed by atoms with van der Waals surface area (Å²) < 4.78 is 21.3. The Balaban J connectivity index is 2.01. The number of fused-ring (bicyclic) bond motifs is 1. The first kappa shape index (κ1) is 13.8. The fourth-order valence-corrected chi connectivity index (χ4v) is 2.97. The van der Waals surface area contributed by atoms with E-state index < -0.39 is 6.10 Å². The summed E-state index contributed by atoms with van der Waals surface area (Å²) in [6.45, 7) is 0. The van der Waals surface area contributed by atoms with E-state index in [9.17, 15) is 9.18 Å². The molecular weight excluding hydrogens is 391 g/mol. The van der Waals surface area contributed by atoms with E-state index >= 15 is 0 Å². The molecule has 20 heavy (non-hydrogen) atoms. The lowest BCUT2D eigenvalue weighted by Gasteiger charge is -2.26. The molecule has 0 aromatic heterocycles. The van der Waals surface area contributed by atoms with Gasteiger partial charge in [-0.2, -0.15) is 0 Å². The zero-order chi connectivity index (χ0) is 14.3. The summed E-state index contributed by atoms with van der Waals surface area (Å²) in [4.78, 5) is 12.2. The van der Waals surface area contributed by atoms with Gasteiger partial charge in [-0.05, 0) is 36.4 Å². The van der Waals surface area contributed by atoms with Crippen LogP contribution in [0.15, 0.2) is 45.3 Å². The normalized spacial score (nSPS) is 17.6. The summed E-state index contributed by atoms with van der Waals surface area (Å²) in [5.41, 5.74) is 0.923. The number of ketones is 1. The lowest BCUT2D eigenvalue weighted by molar-refractivity contribution is 0.0845. The van der Waals surface area contributed by atoms with Gasteiger partial charge in [-0.15, -0.1) is 0 Å². The molecule has 0 saturated heterocycles. The molecule has 0 amide bonds. The fraction of sp³-hybridized carbons (Fsp3) is 0.133. The minimum atomic E-state index is -0.589. The van der Waals surface area contributed by atoms with E-state index in [1.165, 1.54) is 6.07 Å². The van der Waals surface area contributed by atoms with Crippen molar-refractivity contribution >= 4 is 37.6 Å². The predicted molar refractivity (Wildman–Crippen MR) is 80.6 cm³/mol. The molecule has 2 nitrogen and oxygen atoms in total. The molecule has 1 atom stereocenters. The van der Waals surface area contributed by atoms with Crippen molar-refractivity contribution in [3.05, 3.63) is 62.3 Å². The van der Waals surface area contributed by atoms with Crippen molar-refractivity contribution < 1.29 is 13.9 Å². The van der Waals surface area contributed by atoms with Crippen molar-refractivity contribution in [1.82, 2.24) is 0 Å². The van der Waals surface area contributed by atoms with Gasteiger partial charge in [0.15, 0.2) is 5.78 Å². The van der Waals surface area contributed by atoms with Crippen LogP contribution in [0.5, 0.6) is 5.75 Å². The van der Waals surface area contributed by atoms with Gasteiger partial charge in [0, 0.05) is 14.5 Å². The van der Waals surface area contributed by atoms with Crippen LogP contribution in [-0.2, 0) is 0 Å². The van der Waals surface area contributed by atoms with E-state index in [1.54, 1.807) is 30.3 Å². The second-order valence-corrected chi connectivity index (χ2v) is 6.37. The van der Waals surface area contributed by atoms with Crippen molar-refractivity contribution in [3.63, 3.8) is 0 Å². The van der Waals surface area contributed by atoms with Crippen LogP contribution in [0.2, 0.25) is 0 Å². The second-order valence-electron chi connectivity index (χ2n) is 4.54. The van der Waals surface area contributed by atoms with Crippen LogP contribution in [0.3, 0.4) is 0 Å². The first-order valence-electron chi connectivity index (χ1n) is 5.99. The Morgan fingerprint density at radius 3 is 2.60 bits per heavy atom. The molecule has 2 aromatic carbocycles. The maximum absolute atomic E-state index is 13.9. The second kappa shape index (κ2) is 5.30. The predicted octanol–water partition coefficient (Wildman–Crippen LogP) is 5.06. The Labute approximate surface area is 132 Å². The summed E-state index contributed by atoms with van der Waals surface area (Å²) in [6.07, 6.45) is -0.453. The number of benzene rings is 2. The van der Waals surface area contributed by atoms with Gasteiger partial charge in [0.2, 0.25) is 0 Å². The zero-order valence-corrected chi connectivity index (χ0v) is 13.4. The van der Waals surface area contributed by atoms with E-state index in [-0.39, 0.29) is 18.0 Å². The number of hydrogen-bond acceptors (Lipinski definition) is 2. The average molecular weight is 400 g/mol. The molecule has 0 saturated carbocycles. The molecule has 3 rings (SSSR count). The summed E-state index contributed by atoms with van der Waals surface area (Å²) in [5.74, 6) is 0.0808. The highest BCUT2D eigenvalue weighted by Gasteiger charge is 2.29. The summed E-state index contributed by atoms with van der Waals surface area (Å²) in [5, 5.41) is 0. The fourth-order valence-electron chi connectivity index (χ4n) is 2.23. The molecule has 0 radical (unpaired) electrons. The smallest absolute Gasteiger partial charge is 0.170 e. The van der Waals surface area contributed by atoms with E-state index in [2.05, 4.69) is 31.9 Å². The van der Waals surface area contributed by atoms with Crippen LogP contribution in [0.4, 0.5) is 4.39 Å². The van der Waals surface area contributed by atoms with E-state index in [4.69, 9.17) is 4.74 Å². The summed E-state index contributed by atoms with van der Waals surface area (Å²) in [7, 11) is 0. The summed E-state index contributed by atoms with van der Waals surface area (Å²) >= 11 is 6.63. The van der Waals surface area contributed by atoms with Gasteiger partial charge in [0.25, 0.3) is 0 Å². The number of hydrogen-bond donors (Lipinski definition) is 0. The van der Waals surface area contributed by atoms with Crippen molar-refractivity contribution in [2.45, 2.75) is 12.5 Å². The Kier molecular flexibility index (Phi) is 3.65. The molecule has 102 valence electrons. The average Bonchev–Trinajstić information content (AvgIpc) is 2.42. The maximum atomic E-state index is 13.9. The van der Waals surface area contributed by atoms with Crippen LogP contribution in [-0.4, -0.2) is 5.78 Å². The molecule has 1 aliphatic heterocycles. The highest BCUT2D eigenvalue weighted by atomic mass is 79.9. The van der Waals surface area contributed by atoms with Crippen molar-refractivity contribution in [3.8, 4) is 5.75 Å². The molecule has 1 unspecified atom stereocenters. The molecule has 0 N–H and O–H groups in total. The van der Waals surface area contributed by atoms with Gasteiger partial charge in [-0.25, -0.2) is 4.39 Å². The lowest BCUT2D eigenvalue weighted by Crippen LogP contribution is -2.21. The van der Waals surface area contributed by atoms with Gasteiger partial charge >= 0.3 is 0 Å². The highest BCUT2D eigenvalue weighted by molar-refractivity contribution is 9.10. The maximum Gasteiger partial charge on any atom is 0.170 e. The van der Waals surface area contributed by atoms with Crippen LogP contribution in [0, 0.1) is 5.82 Å². The Bertz CT molecular complexity index is 700. The number of Topliss-reactive ketones (excluding diaryl/α,β-unsaturated/α-hetero) is 1. The SMILES string of the molecule is O=C1CC(c2cc(Br)ccc2F)Oc2ccc(Br)cc21. The van der Waals surface area contributed by atoms with Crippen LogP contribution < -0.4 is 4.74 Å². The molecule has 1 heterocycles. The topological polar surface area (TPSA) is 26.3 Å². The Morgan fingerprint density at radius 2 is 1.80 bits per heavy atom. The quantitative estimate of drug-likeness (QED) is 0.670. The molecule has 0 aliphatic carbocycles. The summed E-state index contributed by atoms with van der Waals surface area (Å²) in [6, 6.07) is 9.88. The monoisotopic (exact) mass is 398 g/mol. The van der Waals surface area contributed by atoms with Gasteiger partial charge in [-0.1, -0.05) is 31.9 Å². The number of rotatable bonds is 1. The minimum Gasteiger partial charge on any atom is -0.484 e. The van der Waals surface area contributed by atoms with Gasteiger partial charge < -0.3 is 4.74 Å². The van der Waals surface area contributed by atoms with E-state index in [1.807, 2.05) is 0 Å². The van der Waals surface area contributed by atoms with Crippen LogP contribution >= 0.6 is 31.9 Å². The lowest BCUT2D eigenvalue weighted by atomic mass is 9.96. The van der Waals surface area contributed by atoms with Gasteiger partial charge in [-0.3, -0.25) is 4.79 Å². The standard InChI is InChI=1S/C15H9Br2FO2/c16-8-1-3-12(18)10(5-8)15-7-13(19)11-6-9(17)2-4-14(11)20-15/h1-6,15H,7H2. The number of halogens is 3. The van der Waals surface area contributed by atoms with Gasteiger partial charge in [0.05, 0.1) is 12.0 Å². The number of carbonyl (C=O) groups excluding carboxylic acids is 1. The molecule has 0 bridgehead atoms. The zero-order valence-electron chi connectivity index (χ0n) is 10.2. The first-order valence-corrected chi connectivity index (χ1v) is 7.57. The molecule has 0 spiro atoms. The largest absolute Gasteiger partial charge is 0.484 e. The van der Waals surface area contributed by atoms with Crippen molar-refractivity contribution in [2.24, 2.45) is 0 Å². The molecule has 2 aromatic rings. The van der Waals surface area contributed by atoms with Crippen LogP contribution in [0.25, 0.3) is 0 Å². The third kappa shape index (κ3) is 2.52. The number of ether oxygens (including phenoxy) is 1. The highest BCUT2D eigenvalue weighted by Crippen LogP contribution is 2.37. The third-order valence-corrected chi connectivity index (χ3v) is 4.17. The van der Waals surface area contributed by atoms with Crippen molar-refractivity contribution in [2.75, 3.05) is 0 Å². The molecular formula is C15H9Br2FO2. The minimum absolute atomic E-state index is 0.0445. The van der Waals surface area contributed by atoms with E-state index in [0.29, 0.717) is 16.9 Å². The van der Waals surface area contributed by atoms with Gasteiger partial charge in [0.1, 0.15) is 17.7 Å². The third-order valence-electron chi connectivity index (χ3n) is 3.19. The molecule has 5 heteroatoms. The van der Waals surface area contributed by atoms with E-state index in [0.717, 1.165) is 8.95 Å². The Morgan fingerprint density at radius 1 is 1.10 bits per heavy atom. The molecule has 0 fully saturated rings. The molecule has 1 aliphatic rings. The van der Waals surface area contributed by atoms with Crippen LogP contribution in [0.1, 0.15) is 28.4 Å².